The SMILES string of the molecule is CS(=O)(=O)c1ccc(S(=O)(=O)NC2CCCc3cc(N)ccc32)cc1.Cl. The maximum absolute atomic E-state index is 12.7. The lowest BCUT2D eigenvalue weighted by Gasteiger charge is -2.26. The van der Waals surface area contributed by atoms with Crippen molar-refractivity contribution in [1.82, 2.24) is 4.72 Å². The highest BCUT2D eigenvalue weighted by Crippen LogP contribution is 2.32. The van der Waals surface area contributed by atoms with Crippen LogP contribution in [0.4, 0.5) is 5.69 Å². The lowest BCUT2D eigenvalue weighted by Crippen LogP contribution is -2.31. The van der Waals surface area contributed by atoms with Crippen LogP contribution in [0.5, 0.6) is 0 Å². The first-order valence-corrected chi connectivity index (χ1v) is 11.2. The molecule has 3 N–H and O–H groups in total. The van der Waals surface area contributed by atoms with Gasteiger partial charge in [-0.1, -0.05) is 6.07 Å². The molecule has 0 spiro atoms. The van der Waals surface area contributed by atoms with Crippen LogP contribution >= 0.6 is 12.4 Å². The van der Waals surface area contributed by atoms with E-state index in [0.29, 0.717) is 12.1 Å². The van der Waals surface area contributed by atoms with E-state index in [2.05, 4.69) is 4.72 Å². The molecule has 6 nitrogen and oxygen atoms in total. The summed E-state index contributed by atoms with van der Waals surface area (Å²) in [5.74, 6) is 0. The zero-order valence-electron chi connectivity index (χ0n) is 14.2. The number of hydrogen-bond donors (Lipinski definition) is 2. The number of sulfonamides is 1. The summed E-state index contributed by atoms with van der Waals surface area (Å²) in [6.07, 6.45) is 3.54. The van der Waals surface area contributed by atoms with Crippen molar-refractivity contribution in [2.24, 2.45) is 0 Å². The Hall–Kier alpha value is -1.61. The molecule has 142 valence electrons. The first-order chi connectivity index (χ1) is 11.7. The molecule has 2 aromatic carbocycles. The number of nitrogen functional groups attached to an aromatic ring is 1. The van der Waals surface area contributed by atoms with E-state index in [1.807, 2.05) is 12.1 Å². The summed E-state index contributed by atoms with van der Waals surface area (Å²) in [6.45, 7) is 0. The second-order valence-corrected chi connectivity index (χ2v) is 10.00. The molecule has 0 aromatic heterocycles. The third kappa shape index (κ3) is 4.37. The van der Waals surface area contributed by atoms with E-state index in [0.717, 1.165) is 30.2 Å². The van der Waals surface area contributed by atoms with Crippen molar-refractivity contribution in [3.8, 4) is 0 Å². The van der Waals surface area contributed by atoms with Gasteiger partial charge < -0.3 is 5.73 Å². The van der Waals surface area contributed by atoms with Crippen LogP contribution in [0.25, 0.3) is 0 Å². The standard InChI is InChI=1S/C17H20N2O4S2.ClH/c1-24(20,21)14-6-8-15(9-7-14)25(22,23)19-17-4-2-3-12-11-13(18)5-10-16(12)17;/h5-11,17,19H,2-4,18H2,1H3;1H. The molecule has 2 aromatic rings. The van der Waals surface area contributed by atoms with Crippen LogP contribution in [0, 0.1) is 0 Å². The van der Waals surface area contributed by atoms with E-state index < -0.39 is 19.9 Å². The average Bonchev–Trinajstić information content (AvgIpc) is 2.54. The number of hydrogen-bond acceptors (Lipinski definition) is 5. The molecule has 0 saturated carbocycles. The molecule has 0 bridgehead atoms. The zero-order chi connectivity index (χ0) is 18.2. The Morgan fingerprint density at radius 1 is 1.00 bits per heavy atom. The van der Waals surface area contributed by atoms with Gasteiger partial charge in [0, 0.05) is 18.0 Å². The summed E-state index contributed by atoms with van der Waals surface area (Å²) < 4.78 is 51.0. The fourth-order valence-electron chi connectivity index (χ4n) is 3.08. The predicted molar refractivity (Wildman–Crippen MR) is 104 cm³/mol. The number of sulfone groups is 1. The Morgan fingerprint density at radius 3 is 2.23 bits per heavy atom. The number of anilines is 1. The number of nitrogens with two attached hydrogens (primary N) is 1. The van der Waals surface area contributed by atoms with Crippen molar-refractivity contribution in [3.05, 3.63) is 53.6 Å². The normalized spacial score (nSPS) is 17.2. The monoisotopic (exact) mass is 416 g/mol. The average molecular weight is 417 g/mol. The van der Waals surface area contributed by atoms with Crippen LogP contribution in [0.3, 0.4) is 0 Å². The summed E-state index contributed by atoms with van der Waals surface area (Å²) >= 11 is 0. The summed E-state index contributed by atoms with van der Waals surface area (Å²) in [5.41, 5.74) is 8.48. The van der Waals surface area contributed by atoms with Gasteiger partial charge in [-0.25, -0.2) is 21.6 Å². The Labute approximate surface area is 160 Å². The number of rotatable bonds is 4. The van der Waals surface area contributed by atoms with Gasteiger partial charge in [-0.05, 0) is 66.8 Å². The lowest BCUT2D eigenvalue weighted by molar-refractivity contribution is 0.507. The smallest absolute Gasteiger partial charge is 0.241 e. The summed E-state index contributed by atoms with van der Waals surface area (Å²) in [7, 11) is -7.11. The third-order valence-corrected chi connectivity index (χ3v) is 6.96. The van der Waals surface area contributed by atoms with Gasteiger partial charge in [-0.2, -0.15) is 0 Å². The summed E-state index contributed by atoms with van der Waals surface area (Å²) in [5, 5.41) is 0. The maximum atomic E-state index is 12.7. The second kappa shape index (κ2) is 7.56. The molecule has 1 aliphatic carbocycles. The van der Waals surface area contributed by atoms with Crippen LogP contribution < -0.4 is 10.5 Å². The van der Waals surface area contributed by atoms with Crippen molar-refractivity contribution < 1.29 is 16.8 Å². The topological polar surface area (TPSA) is 106 Å². The lowest BCUT2D eigenvalue weighted by atomic mass is 9.88. The van der Waals surface area contributed by atoms with Crippen LogP contribution in [0.1, 0.15) is 30.0 Å². The van der Waals surface area contributed by atoms with E-state index in [-0.39, 0.29) is 28.2 Å². The molecule has 3 rings (SSSR count). The van der Waals surface area contributed by atoms with Crippen LogP contribution in [0.15, 0.2) is 52.3 Å². The maximum Gasteiger partial charge on any atom is 0.241 e. The van der Waals surface area contributed by atoms with Crippen molar-refractivity contribution in [2.75, 3.05) is 12.0 Å². The van der Waals surface area contributed by atoms with Crippen molar-refractivity contribution in [2.45, 2.75) is 35.1 Å². The van der Waals surface area contributed by atoms with Gasteiger partial charge in [0.15, 0.2) is 9.84 Å². The van der Waals surface area contributed by atoms with Crippen LogP contribution in [-0.4, -0.2) is 23.1 Å². The number of nitrogens with one attached hydrogen (secondary N) is 1. The van der Waals surface area contributed by atoms with Gasteiger partial charge in [0.25, 0.3) is 0 Å². The molecule has 1 unspecified atom stereocenters. The molecular weight excluding hydrogens is 396 g/mol. The highest BCUT2D eigenvalue weighted by atomic mass is 35.5. The zero-order valence-corrected chi connectivity index (χ0v) is 16.6. The highest BCUT2D eigenvalue weighted by Gasteiger charge is 2.26. The number of fused-ring (bicyclic) bond motifs is 1. The molecule has 1 atom stereocenters. The summed E-state index contributed by atoms with van der Waals surface area (Å²) in [4.78, 5) is 0.132. The van der Waals surface area contributed by atoms with E-state index in [4.69, 9.17) is 5.73 Å². The molecule has 26 heavy (non-hydrogen) atoms. The largest absolute Gasteiger partial charge is 0.399 e. The fraction of sp³-hybridized carbons (Fsp3) is 0.294. The highest BCUT2D eigenvalue weighted by molar-refractivity contribution is 7.90. The minimum atomic E-state index is -3.75. The summed E-state index contributed by atoms with van der Waals surface area (Å²) in [6, 6.07) is 10.4. The minimum Gasteiger partial charge on any atom is -0.399 e. The van der Waals surface area contributed by atoms with Crippen molar-refractivity contribution in [3.63, 3.8) is 0 Å². The molecule has 0 fully saturated rings. The molecular formula is C17H21ClN2O4S2. The van der Waals surface area contributed by atoms with Gasteiger partial charge in [-0.3, -0.25) is 0 Å². The van der Waals surface area contributed by atoms with Crippen LogP contribution in [0.2, 0.25) is 0 Å². The fourth-order valence-corrected chi connectivity index (χ4v) is 4.96. The van der Waals surface area contributed by atoms with Crippen LogP contribution in [-0.2, 0) is 26.3 Å². The minimum absolute atomic E-state index is 0. The predicted octanol–water partition coefficient (Wildman–Crippen LogP) is 2.45. The van der Waals surface area contributed by atoms with Gasteiger partial charge in [0.1, 0.15) is 0 Å². The van der Waals surface area contributed by atoms with E-state index in [1.165, 1.54) is 24.3 Å². The quantitative estimate of drug-likeness (QED) is 0.744. The number of benzene rings is 2. The molecule has 1 aliphatic rings. The van der Waals surface area contributed by atoms with E-state index in [1.54, 1.807) is 6.07 Å². The molecule has 9 heteroatoms. The van der Waals surface area contributed by atoms with Gasteiger partial charge >= 0.3 is 0 Å². The van der Waals surface area contributed by atoms with Gasteiger partial charge in [0.2, 0.25) is 10.0 Å². The molecule has 0 amide bonds. The Morgan fingerprint density at radius 2 is 1.62 bits per heavy atom. The molecule has 0 aliphatic heterocycles. The van der Waals surface area contributed by atoms with E-state index in [9.17, 15) is 16.8 Å². The second-order valence-electron chi connectivity index (χ2n) is 6.27. The van der Waals surface area contributed by atoms with Gasteiger partial charge in [-0.15, -0.1) is 12.4 Å². The van der Waals surface area contributed by atoms with Gasteiger partial charge in [0.05, 0.1) is 9.79 Å². The van der Waals surface area contributed by atoms with E-state index >= 15 is 0 Å². The van der Waals surface area contributed by atoms with Crippen molar-refractivity contribution in [1.29, 1.82) is 0 Å². The first-order valence-electron chi connectivity index (χ1n) is 7.87. The molecule has 0 saturated heterocycles. The third-order valence-electron chi connectivity index (χ3n) is 4.34. The molecule has 0 heterocycles. The Kier molecular flexibility index (Phi) is 6.02. The Balaban J connectivity index is 0.00000243. The Bertz CT molecular complexity index is 1000. The first kappa shape index (κ1) is 20.7. The number of aryl methyl sites for hydroxylation is 1. The van der Waals surface area contributed by atoms with Crippen molar-refractivity contribution >= 4 is 38.0 Å². The molecule has 0 radical (unpaired) electrons. The number of halogens is 1.